The Morgan fingerprint density at radius 1 is 1.50 bits per heavy atom. The predicted octanol–water partition coefficient (Wildman–Crippen LogP) is 2.84. The van der Waals surface area contributed by atoms with Crippen molar-refractivity contribution >= 4 is 17.1 Å². The molecule has 0 aromatic carbocycles. The van der Waals surface area contributed by atoms with Crippen molar-refractivity contribution in [3.05, 3.63) is 16.6 Å². The molecular formula is C11H15NOS. The zero-order valence-corrected chi connectivity index (χ0v) is 9.05. The van der Waals surface area contributed by atoms with Crippen LogP contribution in [0.3, 0.4) is 0 Å². The molecule has 0 saturated heterocycles. The van der Waals surface area contributed by atoms with Gasteiger partial charge in [-0.05, 0) is 19.3 Å². The van der Waals surface area contributed by atoms with E-state index in [1.807, 2.05) is 11.7 Å². The molecule has 0 unspecified atom stereocenters. The maximum atomic E-state index is 11.7. The van der Waals surface area contributed by atoms with E-state index in [4.69, 9.17) is 0 Å². The quantitative estimate of drug-likeness (QED) is 0.763. The maximum Gasteiger partial charge on any atom is 0.136 e. The largest absolute Gasteiger partial charge is 0.299 e. The van der Waals surface area contributed by atoms with Gasteiger partial charge in [-0.2, -0.15) is 0 Å². The lowest BCUT2D eigenvalue weighted by Crippen LogP contribution is -2.10. The molecule has 0 atom stereocenters. The van der Waals surface area contributed by atoms with Gasteiger partial charge in [0.25, 0.3) is 0 Å². The molecule has 0 N–H and O–H groups in total. The fourth-order valence-corrected chi connectivity index (χ4v) is 2.66. The third-order valence-electron chi connectivity index (χ3n) is 2.91. The minimum atomic E-state index is 0.378. The SMILES string of the molecule is O=C(CCc1cncs1)C1CCCC1. The van der Waals surface area contributed by atoms with Crippen LogP contribution in [0.15, 0.2) is 11.7 Å². The second kappa shape index (κ2) is 4.69. The van der Waals surface area contributed by atoms with Gasteiger partial charge in [0.05, 0.1) is 5.51 Å². The predicted molar refractivity (Wildman–Crippen MR) is 57.4 cm³/mol. The van der Waals surface area contributed by atoms with Crippen LogP contribution < -0.4 is 0 Å². The van der Waals surface area contributed by atoms with Gasteiger partial charge in [0, 0.05) is 23.4 Å². The van der Waals surface area contributed by atoms with E-state index in [1.165, 1.54) is 17.7 Å². The Labute approximate surface area is 88.4 Å². The number of aromatic nitrogens is 1. The lowest BCUT2D eigenvalue weighted by atomic mass is 9.99. The first-order valence-electron chi connectivity index (χ1n) is 5.26. The van der Waals surface area contributed by atoms with Crippen LogP contribution in [0.5, 0.6) is 0 Å². The molecule has 1 fully saturated rings. The van der Waals surface area contributed by atoms with Crippen LogP contribution in [0, 0.1) is 5.92 Å². The molecular weight excluding hydrogens is 194 g/mol. The zero-order valence-electron chi connectivity index (χ0n) is 8.24. The van der Waals surface area contributed by atoms with E-state index in [0.29, 0.717) is 18.1 Å². The first-order valence-corrected chi connectivity index (χ1v) is 6.14. The Hall–Kier alpha value is -0.700. The zero-order chi connectivity index (χ0) is 9.80. The Morgan fingerprint density at radius 3 is 2.93 bits per heavy atom. The molecule has 0 spiro atoms. The number of Topliss-reactive ketones (excluding diaryl/α,β-unsaturated/α-hetero) is 1. The number of rotatable bonds is 4. The molecule has 1 aromatic heterocycles. The third-order valence-corrected chi connectivity index (χ3v) is 3.75. The highest BCUT2D eigenvalue weighted by Crippen LogP contribution is 2.26. The maximum absolute atomic E-state index is 11.7. The minimum Gasteiger partial charge on any atom is -0.299 e. The van der Waals surface area contributed by atoms with Crippen LogP contribution >= 0.6 is 11.3 Å². The van der Waals surface area contributed by atoms with Crippen LogP contribution in [0.1, 0.15) is 37.0 Å². The molecule has 14 heavy (non-hydrogen) atoms. The summed E-state index contributed by atoms with van der Waals surface area (Å²) in [5.41, 5.74) is 1.83. The van der Waals surface area contributed by atoms with Crippen molar-refractivity contribution in [1.82, 2.24) is 4.98 Å². The van der Waals surface area contributed by atoms with Crippen molar-refractivity contribution < 1.29 is 4.79 Å². The highest BCUT2D eigenvalue weighted by molar-refractivity contribution is 7.09. The number of carbonyl (C=O) groups is 1. The van der Waals surface area contributed by atoms with Crippen LogP contribution in [0.2, 0.25) is 0 Å². The molecule has 2 rings (SSSR count). The van der Waals surface area contributed by atoms with E-state index in [-0.39, 0.29) is 0 Å². The number of hydrogen-bond donors (Lipinski definition) is 0. The highest BCUT2D eigenvalue weighted by atomic mass is 32.1. The minimum absolute atomic E-state index is 0.378. The fourth-order valence-electron chi connectivity index (χ4n) is 2.06. The summed E-state index contributed by atoms with van der Waals surface area (Å²) in [6.07, 6.45) is 8.22. The first kappa shape index (κ1) is 9.84. The second-order valence-electron chi connectivity index (χ2n) is 3.92. The number of carbonyl (C=O) groups excluding carboxylic acids is 1. The molecule has 1 heterocycles. The normalized spacial score (nSPS) is 17.4. The molecule has 0 bridgehead atoms. The highest BCUT2D eigenvalue weighted by Gasteiger charge is 2.21. The molecule has 2 nitrogen and oxygen atoms in total. The van der Waals surface area contributed by atoms with Crippen molar-refractivity contribution in [1.29, 1.82) is 0 Å². The van der Waals surface area contributed by atoms with Gasteiger partial charge in [-0.3, -0.25) is 9.78 Å². The summed E-state index contributed by atoms with van der Waals surface area (Å²) in [5, 5.41) is 0. The van der Waals surface area contributed by atoms with E-state index in [9.17, 15) is 4.79 Å². The van der Waals surface area contributed by atoms with Crippen molar-refractivity contribution in [2.75, 3.05) is 0 Å². The van der Waals surface area contributed by atoms with Crippen LogP contribution in [-0.4, -0.2) is 10.8 Å². The Bertz CT molecular complexity index is 288. The molecule has 1 aliphatic rings. The van der Waals surface area contributed by atoms with Crippen LogP contribution in [0.25, 0.3) is 0 Å². The van der Waals surface area contributed by atoms with Crippen LogP contribution in [0.4, 0.5) is 0 Å². The Balaban J connectivity index is 1.77. The van der Waals surface area contributed by atoms with E-state index < -0.39 is 0 Å². The second-order valence-corrected chi connectivity index (χ2v) is 4.89. The van der Waals surface area contributed by atoms with Gasteiger partial charge in [-0.25, -0.2) is 0 Å². The van der Waals surface area contributed by atoms with Gasteiger partial charge >= 0.3 is 0 Å². The Morgan fingerprint density at radius 2 is 2.29 bits per heavy atom. The van der Waals surface area contributed by atoms with E-state index in [0.717, 1.165) is 19.3 Å². The van der Waals surface area contributed by atoms with Gasteiger partial charge in [-0.15, -0.1) is 11.3 Å². The monoisotopic (exact) mass is 209 g/mol. The van der Waals surface area contributed by atoms with Gasteiger partial charge in [-0.1, -0.05) is 12.8 Å². The summed E-state index contributed by atoms with van der Waals surface area (Å²) >= 11 is 1.64. The average molecular weight is 209 g/mol. The molecule has 0 aliphatic heterocycles. The smallest absolute Gasteiger partial charge is 0.136 e. The average Bonchev–Trinajstić information content (AvgIpc) is 2.87. The summed E-state index contributed by atoms with van der Waals surface area (Å²) in [6, 6.07) is 0. The molecule has 0 amide bonds. The molecule has 1 aromatic rings. The Kier molecular flexibility index (Phi) is 3.30. The third kappa shape index (κ3) is 2.41. The van der Waals surface area contributed by atoms with Crippen molar-refractivity contribution in [3.8, 4) is 0 Å². The molecule has 0 radical (unpaired) electrons. The van der Waals surface area contributed by atoms with Crippen LogP contribution in [-0.2, 0) is 11.2 Å². The number of hydrogen-bond acceptors (Lipinski definition) is 3. The number of thiazole rings is 1. The lowest BCUT2D eigenvalue weighted by Gasteiger charge is -2.05. The van der Waals surface area contributed by atoms with E-state index in [1.54, 1.807) is 11.3 Å². The molecule has 1 aliphatic carbocycles. The number of ketones is 1. The summed E-state index contributed by atoms with van der Waals surface area (Å²) in [5.74, 6) is 0.846. The topological polar surface area (TPSA) is 30.0 Å². The summed E-state index contributed by atoms with van der Waals surface area (Å²) in [7, 11) is 0. The fraction of sp³-hybridized carbons (Fsp3) is 0.636. The first-order chi connectivity index (χ1) is 6.86. The van der Waals surface area contributed by atoms with Gasteiger partial charge in [0.15, 0.2) is 0 Å². The number of aryl methyl sites for hydroxylation is 1. The van der Waals surface area contributed by atoms with Crippen molar-refractivity contribution in [3.63, 3.8) is 0 Å². The van der Waals surface area contributed by atoms with E-state index >= 15 is 0 Å². The van der Waals surface area contributed by atoms with Gasteiger partial charge < -0.3 is 0 Å². The van der Waals surface area contributed by atoms with Gasteiger partial charge in [0.1, 0.15) is 5.78 Å². The standard InChI is InChI=1S/C11H15NOS/c13-11(9-3-1-2-4-9)6-5-10-7-12-8-14-10/h7-9H,1-6H2. The van der Waals surface area contributed by atoms with Crippen molar-refractivity contribution in [2.45, 2.75) is 38.5 Å². The summed E-state index contributed by atoms with van der Waals surface area (Å²) in [4.78, 5) is 17.0. The lowest BCUT2D eigenvalue weighted by molar-refractivity contribution is -0.122. The number of nitrogens with zero attached hydrogens (tertiary/aromatic N) is 1. The molecule has 76 valence electrons. The summed E-state index contributed by atoms with van der Waals surface area (Å²) in [6.45, 7) is 0. The molecule has 3 heteroatoms. The van der Waals surface area contributed by atoms with Crippen molar-refractivity contribution in [2.24, 2.45) is 5.92 Å². The van der Waals surface area contributed by atoms with E-state index in [2.05, 4.69) is 4.98 Å². The summed E-state index contributed by atoms with van der Waals surface area (Å²) < 4.78 is 0. The molecule has 1 saturated carbocycles. The van der Waals surface area contributed by atoms with Gasteiger partial charge in [0.2, 0.25) is 0 Å².